The Morgan fingerprint density at radius 3 is 2.68 bits per heavy atom. The van der Waals surface area contributed by atoms with Gasteiger partial charge in [0.15, 0.2) is 0 Å². The second-order valence-corrected chi connectivity index (χ2v) is 5.84. The molecular weight excluding hydrogens is 320 g/mol. The summed E-state index contributed by atoms with van der Waals surface area (Å²) < 4.78 is 10.3. The molecule has 2 aromatic heterocycles. The molecular formula is C18H20N4O3. The molecule has 0 spiro atoms. The van der Waals surface area contributed by atoms with Crippen LogP contribution in [0.25, 0.3) is 11.1 Å². The molecule has 2 heterocycles. The standard InChI is InChI=1S/C18H20N4O3/c1-4-24-18(23)15-14-16(19-11-20-17(14)25-21-15)22(12(2)3)10-13-8-6-5-7-9-13/h5-9,11-12H,4,10H2,1-3H3. The second-order valence-electron chi connectivity index (χ2n) is 5.84. The molecule has 0 saturated heterocycles. The third kappa shape index (κ3) is 3.45. The minimum absolute atomic E-state index is 0.103. The van der Waals surface area contributed by atoms with E-state index in [0.29, 0.717) is 17.7 Å². The molecule has 0 unspecified atom stereocenters. The van der Waals surface area contributed by atoms with E-state index in [4.69, 9.17) is 9.26 Å². The van der Waals surface area contributed by atoms with Gasteiger partial charge < -0.3 is 14.2 Å². The molecule has 1 aromatic carbocycles. The molecule has 7 nitrogen and oxygen atoms in total. The van der Waals surface area contributed by atoms with Gasteiger partial charge in [0.25, 0.3) is 5.71 Å². The van der Waals surface area contributed by atoms with E-state index >= 15 is 0 Å². The number of nitrogens with zero attached hydrogens (tertiary/aromatic N) is 4. The van der Waals surface area contributed by atoms with Gasteiger partial charge in [0.2, 0.25) is 5.69 Å². The first-order valence-electron chi connectivity index (χ1n) is 8.19. The number of fused-ring (bicyclic) bond motifs is 1. The highest BCUT2D eigenvalue weighted by molar-refractivity contribution is 6.04. The maximum absolute atomic E-state index is 12.2. The van der Waals surface area contributed by atoms with Crippen LogP contribution in [-0.2, 0) is 11.3 Å². The lowest BCUT2D eigenvalue weighted by atomic mass is 10.1. The summed E-state index contributed by atoms with van der Waals surface area (Å²) in [5.74, 6) is 0.0638. The van der Waals surface area contributed by atoms with Crippen LogP contribution < -0.4 is 4.90 Å². The van der Waals surface area contributed by atoms with Crippen LogP contribution in [0.3, 0.4) is 0 Å². The minimum Gasteiger partial charge on any atom is -0.461 e. The van der Waals surface area contributed by atoms with Gasteiger partial charge in [-0.25, -0.2) is 9.78 Å². The van der Waals surface area contributed by atoms with Crippen molar-refractivity contribution in [3.63, 3.8) is 0 Å². The smallest absolute Gasteiger partial charge is 0.361 e. The van der Waals surface area contributed by atoms with E-state index in [1.54, 1.807) is 6.92 Å². The molecule has 0 bridgehead atoms. The third-order valence-corrected chi connectivity index (χ3v) is 3.81. The Morgan fingerprint density at radius 1 is 1.24 bits per heavy atom. The summed E-state index contributed by atoms with van der Waals surface area (Å²) in [6.45, 7) is 6.77. The van der Waals surface area contributed by atoms with E-state index in [0.717, 1.165) is 5.56 Å². The highest BCUT2D eigenvalue weighted by Crippen LogP contribution is 2.29. The fraction of sp³-hybridized carbons (Fsp3) is 0.333. The van der Waals surface area contributed by atoms with Crippen molar-refractivity contribution in [2.24, 2.45) is 0 Å². The van der Waals surface area contributed by atoms with Crippen molar-refractivity contribution in [1.82, 2.24) is 15.1 Å². The number of rotatable bonds is 6. The van der Waals surface area contributed by atoms with Crippen molar-refractivity contribution in [2.75, 3.05) is 11.5 Å². The maximum Gasteiger partial charge on any atom is 0.361 e. The van der Waals surface area contributed by atoms with Gasteiger partial charge in [-0.15, -0.1) is 0 Å². The first-order chi connectivity index (χ1) is 12.1. The molecule has 0 aliphatic rings. The number of hydrogen-bond donors (Lipinski definition) is 0. The van der Waals surface area contributed by atoms with Crippen LogP contribution in [0, 0.1) is 0 Å². The first kappa shape index (κ1) is 16.9. The van der Waals surface area contributed by atoms with Crippen LogP contribution in [-0.4, -0.2) is 33.7 Å². The summed E-state index contributed by atoms with van der Waals surface area (Å²) in [5, 5.41) is 4.32. The topological polar surface area (TPSA) is 81.3 Å². The Morgan fingerprint density at radius 2 is 2.00 bits per heavy atom. The van der Waals surface area contributed by atoms with Crippen molar-refractivity contribution in [3.05, 3.63) is 47.9 Å². The Kier molecular flexibility index (Phi) is 4.92. The number of carbonyl (C=O) groups is 1. The van der Waals surface area contributed by atoms with Crippen molar-refractivity contribution in [2.45, 2.75) is 33.4 Å². The number of aromatic nitrogens is 3. The fourth-order valence-corrected chi connectivity index (χ4v) is 2.61. The largest absolute Gasteiger partial charge is 0.461 e. The predicted octanol–water partition coefficient (Wildman–Crippen LogP) is 3.21. The fourth-order valence-electron chi connectivity index (χ4n) is 2.61. The third-order valence-electron chi connectivity index (χ3n) is 3.81. The molecule has 0 fully saturated rings. The molecule has 0 atom stereocenters. The lowest BCUT2D eigenvalue weighted by Gasteiger charge is -2.28. The Hall–Kier alpha value is -2.96. The molecule has 7 heteroatoms. The number of anilines is 1. The number of esters is 1. The highest BCUT2D eigenvalue weighted by Gasteiger charge is 2.26. The molecule has 3 rings (SSSR count). The van der Waals surface area contributed by atoms with Gasteiger partial charge in [-0.2, -0.15) is 4.98 Å². The average Bonchev–Trinajstić information content (AvgIpc) is 3.05. The van der Waals surface area contributed by atoms with Crippen LogP contribution in [0.5, 0.6) is 0 Å². The van der Waals surface area contributed by atoms with E-state index < -0.39 is 5.97 Å². The van der Waals surface area contributed by atoms with E-state index in [1.807, 2.05) is 30.3 Å². The normalized spacial score (nSPS) is 11.0. The number of carbonyl (C=O) groups excluding carboxylic acids is 1. The summed E-state index contributed by atoms with van der Waals surface area (Å²) >= 11 is 0. The highest BCUT2D eigenvalue weighted by atomic mass is 16.5. The zero-order valence-electron chi connectivity index (χ0n) is 14.5. The number of hydrogen-bond acceptors (Lipinski definition) is 7. The van der Waals surface area contributed by atoms with Gasteiger partial charge in [-0.05, 0) is 26.3 Å². The minimum atomic E-state index is -0.541. The molecule has 0 N–H and O–H groups in total. The van der Waals surface area contributed by atoms with Gasteiger partial charge in [0.05, 0.1) is 6.61 Å². The Labute approximate surface area is 145 Å². The molecule has 0 amide bonds. The second kappa shape index (κ2) is 7.29. The van der Waals surface area contributed by atoms with Gasteiger partial charge in [0, 0.05) is 12.6 Å². The summed E-state index contributed by atoms with van der Waals surface area (Å²) in [4.78, 5) is 22.8. The zero-order chi connectivity index (χ0) is 17.8. The van der Waals surface area contributed by atoms with E-state index in [9.17, 15) is 4.79 Å². The van der Waals surface area contributed by atoms with Crippen molar-refractivity contribution < 1.29 is 14.1 Å². The van der Waals surface area contributed by atoms with Gasteiger partial charge in [-0.1, -0.05) is 35.5 Å². The van der Waals surface area contributed by atoms with Crippen molar-refractivity contribution >= 4 is 22.9 Å². The van der Waals surface area contributed by atoms with Crippen LogP contribution in [0.2, 0.25) is 0 Å². The van der Waals surface area contributed by atoms with Gasteiger partial charge in [0.1, 0.15) is 17.5 Å². The van der Waals surface area contributed by atoms with Gasteiger partial charge in [-0.3, -0.25) is 0 Å². The molecule has 25 heavy (non-hydrogen) atoms. The predicted molar refractivity (Wildman–Crippen MR) is 93.3 cm³/mol. The number of benzene rings is 1. The van der Waals surface area contributed by atoms with Crippen LogP contribution >= 0.6 is 0 Å². The van der Waals surface area contributed by atoms with Crippen molar-refractivity contribution in [1.29, 1.82) is 0 Å². The number of ether oxygens (including phenoxy) is 1. The molecule has 130 valence electrons. The molecule has 3 aromatic rings. The van der Waals surface area contributed by atoms with Crippen LogP contribution in [0.15, 0.2) is 41.2 Å². The molecule has 0 aliphatic carbocycles. The molecule has 0 saturated carbocycles. The SMILES string of the molecule is CCOC(=O)c1noc2ncnc(N(Cc3ccccc3)C(C)C)c12. The van der Waals surface area contributed by atoms with Crippen molar-refractivity contribution in [3.8, 4) is 0 Å². The van der Waals surface area contributed by atoms with E-state index in [2.05, 4.69) is 33.9 Å². The molecule has 0 aliphatic heterocycles. The summed E-state index contributed by atoms with van der Waals surface area (Å²) in [6, 6.07) is 10.2. The zero-order valence-corrected chi connectivity index (χ0v) is 14.5. The van der Waals surface area contributed by atoms with Crippen LogP contribution in [0.1, 0.15) is 36.8 Å². The van der Waals surface area contributed by atoms with E-state index in [1.165, 1.54) is 6.33 Å². The van der Waals surface area contributed by atoms with Gasteiger partial charge >= 0.3 is 5.97 Å². The lowest BCUT2D eigenvalue weighted by Crippen LogP contribution is -2.31. The quantitative estimate of drug-likeness (QED) is 0.637. The summed E-state index contributed by atoms with van der Waals surface area (Å²) in [5.41, 5.74) is 1.51. The maximum atomic E-state index is 12.2. The molecule has 0 radical (unpaired) electrons. The Bertz CT molecular complexity index is 861. The first-order valence-corrected chi connectivity index (χ1v) is 8.19. The lowest BCUT2D eigenvalue weighted by molar-refractivity contribution is 0.0517. The summed E-state index contributed by atoms with van der Waals surface area (Å²) in [7, 11) is 0. The van der Waals surface area contributed by atoms with Crippen LogP contribution in [0.4, 0.5) is 5.82 Å². The van der Waals surface area contributed by atoms with E-state index in [-0.39, 0.29) is 24.1 Å². The average molecular weight is 340 g/mol. The summed E-state index contributed by atoms with van der Waals surface area (Å²) in [6.07, 6.45) is 1.41. The monoisotopic (exact) mass is 340 g/mol. The Balaban J connectivity index is 2.08.